The van der Waals surface area contributed by atoms with Crippen LogP contribution >= 0.6 is 0 Å². The van der Waals surface area contributed by atoms with Crippen molar-refractivity contribution in [3.05, 3.63) is 114 Å². The first-order chi connectivity index (χ1) is 24.1. The van der Waals surface area contributed by atoms with Gasteiger partial charge in [-0.15, -0.1) is 0 Å². The lowest BCUT2D eigenvalue weighted by molar-refractivity contribution is -0.127. The molecule has 14 heteroatoms. The van der Waals surface area contributed by atoms with Gasteiger partial charge in [0, 0.05) is 31.5 Å². The summed E-state index contributed by atoms with van der Waals surface area (Å²) in [6, 6.07) is 22.0. The Morgan fingerprint density at radius 2 is 1.42 bits per heavy atom. The number of rotatable bonds is 15. The molecule has 3 aromatic rings. The van der Waals surface area contributed by atoms with Crippen LogP contribution in [0, 0.1) is 0 Å². The fraction of sp³-hybridized carbons (Fsp3) is 0.306. The number of benzene rings is 3. The van der Waals surface area contributed by atoms with Crippen LogP contribution in [-0.4, -0.2) is 88.0 Å². The number of sulfone groups is 1. The molecule has 0 aliphatic carbocycles. The van der Waals surface area contributed by atoms with Crippen LogP contribution in [0.2, 0.25) is 0 Å². The third-order valence-electron chi connectivity index (χ3n) is 7.72. The molecule has 13 nitrogen and oxygen atoms in total. The number of hydrogen-bond acceptors (Lipinski definition) is 9. The van der Waals surface area contributed by atoms with Gasteiger partial charge >= 0.3 is 18.1 Å². The van der Waals surface area contributed by atoms with Crippen molar-refractivity contribution in [2.45, 2.75) is 42.7 Å². The Hall–Kier alpha value is -5.34. The van der Waals surface area contributed by atoms with Crippen LogP contribution in [-0.2, 0) is 35.3 Å². The zero-order valence-corrected chi connectivity index (χ0v) is 28.2. The number of morpholine rings is 1. The van der Waals surface area contributed by atoms with Gasteiger partial charge in [0.1, 0.15) is 6.04 Å². The number of amides is 4. The van der Waals surface area contributed by atoms with Crippen molar-refractivity contribution < 1.29 is 41.9 Å². The zero-order valence-electron chi connectivity index (χ0n) is 27.4. The average molecular weight is 705 g/mol. The molecule has 0 unspecified atom stereocenters. The van der Waals surface area contributed by atoms with Crippen LogP contribution in [0.5, 0.6) is 0 Å². The third kappa shape index (κ3) is 12.0. The van der Waals surface area contributed by atoms with Crippen LogP contribution in [0.25, 0.3) is 0 Å². The lowest BCUT2D eigenvalue weighted by Gasteiger charge is -2.29. The fourth-order valence-corrected chi connectivity index (χ4v) is 6.01. The first-order valence-corrected chi connectivity index (χ1v) is 17.7. The lowest BCUT2D eigenvalue weighted by Crippen LogP contribution is -2.56. The zero-order chi connectivity index (χ0) is 35.8. The van der Waals surface area contributed by atoms with Gasteiger partial charge in [-0.05, 0) is 55.2 Å². The smallest absolute Gasteiger partial charge is 0.378 e. The second-order valence-corrected chi connectivity index (χ2v) is 13.2. The van der Waals surface area contributed by atoms with Crippen molar-refractivity contribution in [1.82, 2.24) is 20.9 Å². The van der Waals surface area contributed by atoms with E-state index in [4.69, 9.17) is 9.47 Å². The highest BCUT2D eigenvalue weighted by Crippen LogP contribution is 2.13. The molecule has 1 aliphatic heterocycles. The molecular weight excluding hydrogens is 664 g/mol. The number of unbranched alkanes of at least 4 members (excludes halogenated alkanes) is 1. The van der Waals surface area contributed by atoms with Crippen LogP contribution in [0.3, 0.4) is 0 Å². The van der Waals surface area contributed by atoms with Crippen molar-refractivity contribution >= 4 is 39.6 Å². The Morgan fingerprint density at radius 3 is 2.08 bits per heavy atom. The predicted molar refractivity (Wildman–Crippen MR) is 184 cm³/mol. The minimum atomic E-state index is -3.95. The predicted octanol–water partition coefficient (Wildman–Crippen LogP) is 3.42. The van der Waals surface area contributed by atoms with Crippen LogP contribution in [0.15, 0.2) is 107 Å². The number of nitrogens with zero attached hydrogens (tertiary/aromatic N) is 1. The van der Waals surface area contributed by atoms with E-state index in [-0.39, 0.29) is 29.8 Å². The summed E-state index contributed by atoms with van der Waals surface area (Å²) in [6.07, 6.45) is 0.837. The SMILES string of the molecule is O=C(NCCCC[C@H](NC(=O)[C@H](Cc1ccccc1)NC(=O)N1CCOCC1)C(=O)/C=C/S(=O)(=O)c1ccccc1)OC(=O)c1ccccc1. The van der Waals surface area contributed by atoms with Crippen LogP contribution in [0.4, 0.5) is 9.59 Å². The molecule has 0 aromatic heterocycles. The van der Waals surface area contributed by atoms with Crippen molar-refractivity contribution in [1.29, 1.82) is 0 Å². The molecule has 0 bridgehead atoms. The van der Waals surface area contributed by atoms with Gasteiger partial charge in [0.25, 0.3) is 0 Å². The summed E-state index contributed by atoms with van der Waals surface area (Å²) in [7, 11) is -3.95. The normalized spacial score (nSPS) is 14.3. The number of carbonyl (C=O) groups is 5. The van der Waals surface area contributed by atoms with Gasteiger partial charge in [0.15, 0.2) is 15.6 Å². The highest BCUT2D eigenvalue weighted by molar-refractivity contribution is 7.94. The van der Waals surface area contributed by atoms with Crippen molar-refractivity contribution in [3.63, 3.8) is 0 Å². The van der Waals surface area contributed by atoms with Crippen molar-refractivity contribution in [2.24, 2.45) is 0 Å². The summed E-state index contributed by atoms with van der Waals surface area (Å²) in [5.41, 5.74) is 0.990. The maximum Gasteiger partial charge on any atom is 0.415 e. The van der Waals surface area contributed by atoms with Crippen LogP contribution in [0.1, 0.15) is 35.2 Å². The minimum absolute atomic E-state index is 0.00194. The summed E-state index contributed by atoms with van der Waals surface area (Å²) in [6.45, 7) is 1.55. The summed E-state index contributed by atoms with van der Waals surface area (Å²) in [5.74, 6) is -2.11. The molecular formula is C36H40N4O9S. The lowest BCUT2D eigenvalue weighted by atomic mass is 10.0. The molecule has 2 atom stereocenters. The topological polar surface area (TPSA) is 177 Å². The first kappa shape index (κ1) is 37.5. The van der Waals surface area contributed by atoms with E-state index in [1.807, 2.05) is 18.2 Å². The Labute approximate surface area is 290 Å². The second-order valence-electron chi connectivity index (χ2n) is 11.4. The molecule has 1 heterocycles. The molecule has 1 saturated heterocycles. The van der Waals surface area contributed by atoms with E-state index in [2.05, 4.69) is 16.0 Å². The van der Waals surface area contributed by atoms with E-state index in [1.165, 1.54) is 24.3 Å². The van der Waals surface area contributed by atoms with Gasteiger partial charge < -0.3 is 30.3 Å². The summed E-state index contributed by atoms with van der Waals surface area (Å²) >= 11 is 0. The monoisotopic (exact) mass is 704 g/mol. The average Bonchev–Trinajstić information content (AvgIpc) is 3.14. The number of hydrogen-bond donors (Lipinski definition) is 3. The maximum absolute atomic E-state index is 13.7. The number of esters is 1. The standard InChI is InChI=1S/C36H40N4O9S/c41-32(19-25-50(46,47)29-16-8-3-9-17-29)30(18-10-11-20-37-36(45)49-34(43)28-14-6-2-7-15-28)38-33(42)31(26-27-12-4-1-5-13-27)39-35(44)40-21-23-48-24-22-40/h1-9,12-17,19,25,30-31H,10-11,18,20-24,26H2,(H,37,45)(H,38,42)(H,39,44)/b25-19+/t30-,31-/m0/s1. The fourth-order valence-electron chi connectivity index (χ4n) is 5.00. The number of nitrogens with one attached hydrogen (secondary N) is 3. The number of ether oxygens (including phenoxy) is 2. The van der Waals surface area contributed by atoms with E-state index < -0.39 is 51.7 Å². The first-order valence-electron chi connectivity index (χ1n) is 16.2. The third-order valence-corrected chi connectivity index (χ3v) is 9.15. The molecule has 3 aromatic carbocycles. The molecule has 4 amide bonds. The molecule has 0 saturated carbocycles. The summed E-state index contributed by atoms with van der Waals surface area (Å²) < 4.78 is 35.8. The van der Waals surface area contributed by atoms with Crippen molar-refractivity contribution in [2.75, 3.05) is 32.8 Å². The molecule has 3 N–H and O–H groups in total. The Balaban J connectivity index is 1.43. The number of ketones is 1. The van der Waals surface area contributed by atoms with Gasteiger partial charge in [-0.1, -0.05) is 66.7 Å². The van der Waals surface area contributed by atoms with Crippen molar-refractivity contribution in [3.8, 4) is 0 Å². The molecule has 50 heavy (non-hydrogen) atoms. The highest BCUT2D eigenvalue weighted by atomic mass is 32.2. The number of carbonyl (C=O) groups excluding carboxylic acids is 5. The Morgan fingerprint density at radius 1 is 0.800 bits per heavy atom. The maximum atomic E-state index is 13.7. The Bertz CT molecular complexity index is 1730. The highest BCUT2D eigenvalue weighted by Gasteiger charge is 2.28. The quantitative estimate of drug-likeness (QED) is 0.0926. The van der Waals surface area contributed by atoms with E-state index in [0.29, 0.717) is 39.1 Å². The largest absolute Gasteiger partial charge is 0.415 e. The van der Waals surface area contributed by atoms with E-state index in [0.717, 1.165) is 17.0 Å². The molecule has 0 spiro atoms. The van der Waals surface area contributed by atoms with E-state index in [9.17, 15) is 32.4 Å². The molecule has 4 rings (SSSR count). The van der Waals surface area contributed by atoms with Gasteiger partial charge in [0.2, 0.25) is 5.91 Å². The second kappa shape index (κ2) is 19.0. The van der Waals surface area contributed by atoms with Gasteiger partial charge in [0.05, 0.1) is 29.7 Å². The van der Waals surface area contributed by atoms with Gasteiger partial charge in [-0.25, -0.2) is 22.8 Å². The summed E-state index contributed by atoms with van der Waals surface area (Å²) in [5, 5.41) is 8.77. The van der Waals surface area contributed by atoms with Gasteiger partial charge in [-0.2, -0.15) is 0 Å². The number of urea groups is 1. The molecule has 0 radical (unpaired) electrons. The molecule has 1 aliphatic rings. The summed E-state index contributed by atoms with van der Waals surface area (Å²) in [4.78, 5) is 66.0. The van der Waals surface area contributed by atoms with E-state index in [1.54, 1.807) is 53.4 Å². The molecule has 1 fully saturated rings. The Kier molecular flexibility index (Phi) is 14.2. The van der Waals surface area contributed by atoms with Gasteiger partial charge in [-0.3, -0.25) is 9.59 Å². The minimum Gasteiger partial charge on any atom is -0.378 e. The number of alkyl carbamates (subject to hydrolysis) is 1. The molecule has 264 valence electrons. The van der Waals surface area contributed by atoms with E-state index >= 15 is 0 Å². The van der Waals surface area contributed by atoms with Crippen LogP contribution < -0.4 is 16.0 Å².